The molecule has 3 heterocycles. The first-order valence-corrected chi connectivity index (χ1v) is 7.43. The molecule has 0 fully saturated rings. The molecule has 6 heteroatoms. The van der Waals surface area contributed by atoms with Gasteiger partial charge in [-0.05, 0) is 25.5 Å². The molecular weight excluding hydrogens is 280 g/mol. The van der Waals surface area contributed by atoms with E-state index < -0.39 is 0 Å². The summed E-state index contributed by atoms with van der Waals surface area (Å²) in [5.41, 5.74) is 3.39. The summed E-state index contributed by atoms with van der Waals surface area (Å²) in [6.07, 6.45) is 4.23. The van der Waals surface area contributed by atoms with E-state index in [1.165, 1.54) is 0 Å². The molecule has 0 radical (unpaired) electrons. The third-order valence-electron chi connectivity index (χ3n) is 3.93. The lowest BCUT2D eigenvalue weighted by Crippen LogP contribution is -2.29. The smallest absolute Gasteiger partial charge is 0.274 e. The van der Waals surface area contributed by atoms with E-state index in [2.05, 4.69) is 15.2 Å². The number of pyridine rings is 1. The van der Waals surface area contributed by atoms with Crippen LogP contribution in [0, 0.1) is 0 Å². The van der Waals surface area contributed by atoms with E-state index in [1.807, 2.05) is 26.0 Å². The summed E-state index contributed by atoms with van der Waals surface area (Å²) in [5.74, 6) is -0.0809. The highest BCUT2D eigenvalue weighted by molar-refractivity contribution is 5.93. The van der Waals surface area contributed by atoms with Crippen molar-refractivity contribution in [2.24, 2.45) is 0 Å². The summed E-state index contributed by atoms with van der Waals surface area (Å²) >= 11 is 0. The fraction of sp³-hybridized carbons (Fsp3) is 0.438. The van der Waals surface area contributed by atoms with E-state index >= 15 is 0 Å². The number of nitrogens with zero attached hydrogens (tertiary/aromatic N) is 3. The van der Waals surface area contributed by atoms with E-state index in [-0.39, 0.29) is 18.1 Å². The second kappa shape index (κ2) is 5.88. The standard InChI is InChI=1S/C16H20N4O2/c1-10-7-13-14(11(2)22-10)18-19-15(13)16(21)20(3)9-12-5-4-6-17-8-12/h4-6,8,10-11H,7,9H2,1-3H3,(H,18,19)/t10-,11+/m1/s1. The van der Waals surface area contributed by atoms with E-state index in [1.54, 1.807) is 24.3 Å². The molecule has 3 rings (SSSR count). The fourth-order valence-electron chi connectivity index (χ4n) is 2.87. The first kappa shape index (κ1) is 14.7. The Morgan fingerprint density at radius 2 is 2.32 bits per heavy atom. The zero-order valence-electron chi connectivity index (χ0n) is 13.0. The topological polar surface area (TPSA) is 71.1 Å². The Bertz CT molecular complexity index is 668. The molecule has 1 aliphatic heterocycles. The second-order valence-electron chi connectivity index (χ2n) is 5.78. The number of fused-ring (bicyclic) bond motifs is 1. The SMILES string of the molecule is C[C@@H]1Cc2c(C(=O)N(C)Cc3cccnc3)n[nH]c2[C@H](C)O1. The Kier molecular flexibility index (Phi) is 3.94. The van der Waals surface area contributed by atoms with Gasteiger partial charge in [-0.15, -0.1) is 0 Å². The number of aromatic amines is 1. The summed E-state index contributed by atoms with van der Waals surface area (Å²) in [4.78, 5) is 18.4. The minimum atomic E-state index is -0.0809. The van der Waals surface area contributed by atoms with Crippen molar-refractivity contribution >= 4 is 5.91 Å². The molecule has 2 aromatic heterocycles. The van der Waals surface area contributed by atoms with Crippen LogP contribution in [0.4, 0.5) is 0 Å². The maximum Gasteiger partial charge on any atom is 0.274 e. The number of rotatable bonds is 3. The molecule has 1 aliphatic rings. The highest BCUT2D eigenvalue weighted by Crippen LogP contribution is 2.30. The lowest BCUT2D eigenvalue weighted by atomic mass is 9.99. The predicted molar refractivity (Wildman–Crippen MR) is 81.3 cm³/mol. The lowest BCUT2D eigenvalue weighted by Gasteiger charge is -2.25. The molecule has 6 nitrogen and oxygen atoms in total. The number of carbonyl (C=O) groups is 1. The van der Waals surface area contributed by atoms with Gasteiger partial charge in [0.2, 0.25) is 0 Å². The number of aromatic nitrogens is 3. The highest BCUT2D eigenvalue weighted by atomic mass is 16.5. The molecule has 1 N–H and O–H groups in total. The van der Waals surface area contributed by atoms with Crippen LogP contribution in [0.2, 0.25) is 0 Å². The molecule has 0 saturated heterocycles. The highest BCUT2D eigenvalue weighted by Gasteiger charge is 2.30. The first-order chi connectivity index (χ1) is 10.6. The lowest BCUT2D eigenvalue weighted by molar-refractivity contribution is -0.00701. The summed E-state index contributed by atoms with van der Waals surface area (Å²) in [6.45, 7) is 4.50. The Balaban J connectivity index is 1.81. The molecule has 0 unspecified atom stereocenters. The van der Waals surface area contributed by atoms with Gasteiger partial charge in [0.15, 0.2) is 5.69 Å². The molecule has 0 aliphatic carbocycles. The van der Waals surface area contributed by atoms with Crippen LogP contribution in [-0.4, -0.2) is 39.1 Å². The van der Waals surface area contributed by atoms with Gasteiger partial charge in [0, 0.05) is 38.0 Å². The van der Waals surface area contributed by atoms with Gasteiger partial charge in [-0.1, -0.05) is 6.07 Å². The van der Waals surface area contributed by atoms with Crippen LogP contribution in [0.1, 0.15) is 47.3 Å². The summed E-state index contributed by atoms with van der Waals surface area (Å²) < 4.78 is 5.76. The monoisotopic (exact) mass is 300 g/mol. The largest absolute Gasteiger partial charge is 0.369 e. The minimum Gasteiger partial charge on any atom is -0.369 e. The van der Waals surface area contributed by atoms with Crippen LogP contribution in [0.5, 0.6) is 0 Å². The Morgan fingerprint density at radius 3 is 3.05 bits per heavy atom. The van der Waals surface area contributed by atoms with Crippen LogP contribution in [0.15, 0.2) is 24.5 Å². The zero-order chi connectivity index (χ0) is 15.7. The first-order valence-electron chi connectivity index (χ1n) is 7.43. The molecule has 116 valence electrons. The van der Waals surface area contributed by atoms with Crippen LogP contribution in [0.25, 0.3) is 0 Å². The molecule has 0 aromatic carbocycles. The molecular formula is C16H20N4O2. The molecule has 0 saturated carbocycles. The van der Waals surface area contributed by atoms with Crippen molar-refractivity contribution in [2.75, 3.05) is 7.05 Å². The van der Waals surface area contributed by atoms with Crippen LogP contribution in [0.3, 0.4) is 0 Å². The average Bonchev–Trinajstić information content (AvgIpc) is 2.91. The second-order valence-corrected chi connectivity index (χ2v) is 5.78. The number of carbonyl (C=O) groups excluding carboxylic acids is 1. The molecule has 1 amide bonds. The third kappa shape index (κ3) is 2.74. The molecule has 2 atom stereocenters. The maximum absolute atomic E-state index is 12.7. The van der Waals surface area contributed by atoms with Crippen molar-refractivity contribution in [1.82, 2.24) is 20.1 Å². The average molecular weight is 300 g/mol. The summed E-state index contributed by atoms with van der Waals surface area (Å²) in [5, 5.41) is 7.19. The third-order valence-corrected chi connectivity index (χ3v) is 3.93. The quantitative estimate of drug-likeness (QED) is 0.942. The van der Waals surface area contributed by atoms with Gasteiger partial charge < -0.3 is 9.64 Å². The maximum atomic E-state index is 12.7. The van der Waals surface area contributed by atoms with Gasteiger partial charge in [0.25, 0.3) is 5.91 Å². The van der Waals surface area contributed by atoms with Gasteiger partial charge in [-0.2, -0.15) is 5.10 Å². The molecule has 0 spiro atoms. The van der Waals surface area contributed by atoms with Crippen LogP contribution >= 0.6 is 0 Å². The molecule has 0 bridgehead atoms. The Labute approximate surface area is 129 Å². The number of nitrogens with one attached hydrogen (secondary N) is 1. The zero-order valence-corrected chi connectivity index (χ0v) is 13.0. The fourth-order valence-corrected chi connectivity index (χ4v) is 2.87. The normalized spacial score (nSPS) is 20.5. The van der Waals surface area contributed by atoms with Crippen molar-refractivity contribution in [3.63, 3.8) is 0 Å². The Hall–Kier alpha value is -2.21. The summed E-state index contributed by atoms with van der Waals surface area (Å²) in [6, 6.07) is 3.82. The van der Waals surface area contributed by atoms with E-state index in [0.717, 1.165) is 16.8 Å². The van der Waals surface area contributed by atoms with Crippen molar-refractivity contribution in [2.45, 2.75) is 39.0 Å². The van der Waals surface area contributed by atoms with Crippen LogP contribution in [-0.2, 0) is 17.7 Å². The number of hydrogen-bond donors (Lipinski definition) is 1. The van der Waals surface area contributed by atoms with E-state index in [9.17, 15) is 4.79 Å². The number of ether oxygens (including phenoxy) is 1. The van der Waals surface area contributed by atoms with Gasteiger partial charge in [-0.3, -0.25) is 14.9 Å². The number of H-pyrrole nitrogens is 1. The minimum absolute atomic E-state index is 0.0589. The molecule has 2 aromatic rings. The van der Waals surface area contributed by atoms with Crippen molar-refractivity contribution in [1.29, 1.82) is 0 Å². The van der Waals surface area contributed by atoms with E-state index in [4.69, 9.17) is 4.74 Å². The van der Waals surface area contributed by atoms with Gasteiger partial charge in [0.1, 0.15) is 0 Å². The van der Waals surface area contributed by atoms with Gasteiger partial charge in [-0.25, -0.2) is 0 Å². The van der Waals surface area contributed by atoms with E-state index in [0.29, 0.717) is 18.7 Å². The van der Waals surface area contributed by atoms with Gasteiger partial charge >= 0.3 is 0 Å². The number of hydrogen-bond acceptors (Lipinski definition) is 4. The summed E-state index contributed by atoms with van der Waals surface area (Å²) in [7, 11) is 1.78. The van der Waals surface area contributed by atoms with Crippen LogP contribution < -0.4 is 0 Å². The predicted octanol–water partition coefficient (Wildman–Crippen LogP) is 2.10. The number of amides is 1. The van der Waals surface area contributed by atoms with Crippen molar-refractivity contribution in [3.05, 3.63) is 47.0 Å². The van der Waals surface area contributed by atoms with Gasteiger partial charge in [0.05, 0.1) is 17.9 Å². The Morgan fingerprint density at radius 1 is 1.50 bits per heavy atom. The molecule has 22 heavy (non-hydrogen) atoms. The van der Waals surface area contributed by atoms with Crippen molar-refractivity contribution in [3.8, 4) is 0 Å². The van der Waals surface area contributed by atoms with Crippen molar-refractivity contribution < 1.29 is 9.53 Å².